The van der Waals surface area contributed by atoms with Gasteiger partial charge >= 0.3 is 0 Å². The number of carbonyl (C=O) groups is 2. The summed E-state index contributed by atoms with van der Waals surface area (Å²) in [6.07, 6.45) is 0.0352. The standard InChI is InChI=1S/C17H16F2N2O2/c1-12(22)21(16-7-5-13(18)6-8-16)10-9-17(23)20-15-4-2-3-14(19)11-15/h2-8,11H,9-10H2,1H3,(H,20,23). The Bertz CT molecular complexity index is 702. The summed E-state index contributed by atoms with van der Waals surface area (Å²) in [4.78, 5) is 25.0. The second-order valence-electron chi connectivity index (χ2n) is 4.96. The molecule has 0 saturated carbocycles. The topological polar surface area (TPSA) is 49.4 Å². The van der Waals surface area contributed by atoms with E-state index in [2.05, 4.69) is 5.32 Å². The number of hydrogen-bond acceptors (Lipinski definition) is 2. The van der Waals surface area contributed by atoms with Crippen molar-refractivity contribution in [1.29, 1.82) is 0 Å². The molecule has 0 atom stereocenters. The fourth-order valence-electron chi connectivity index (χ4n) is 2.09. The molecule has 0 aliphatic rings. The Labute approximate surface area is 132 Å². The maximum Gasteiger partial charge on any atom is 0.226 e. The maximum absolute atomic E-state index is 13.1. The van der Waals surface area contributed by atoms with Crippen molar-refractivity contribution in [2.24, 2.45) is 0 Å². The molecular weight excluding hydrogens is 302 g/mol. The molecule has 0 unspecified atom stereocenters. The summed E-state index contributed by atoms with van der Waals surface area (Å²) < 4.78 is 26.0. The number of anilines is 2. The van der Waals surface area contributed by atoms with E-state index in [1.54, 1.807) is 6.07 Å². The molecule has 2 aromatic carbocycles. The Balaban J connectivity index is 1.97. The van der Waals surface area contributed by atoms with E-state index in [1.807, 2.05) is 0 Å². The van der Waals surface area contributed by atoms with Crippen LogP contribution >= 0.6 is 0 Å². The van der Waals surface area contributed by atoms with Crippen molar-refractivity contribution in [3.63, 3.8) is 0 Å². The van der Waals surface area contributed by atoms with Gasteiger partial charge in [0.15, 0.2) is 0 Å². The van der Waals surface area contributed by atoms with E-state index in [1.165, 1.54) is 54.3 Å². The average molecular weight is 318 g/mol. The highest BCUT2D eigenvalue weighted by Crippen LogP contribution is 2.16. The van der Waals surface area contributed by atoms with Gasteiger partial charge in [-0.15, -0.1) is 0 Å². The molecule has 23 heavy (non-hydrogen) atoms. The molecule has 2 amide bonds. The first kappa shape index (κ1) is 16.6. The number of halogens is 2. The number of benzene rings is 2. The zero-order valence-electron chi connectivity index (χ0n) is 12.6. The lowest BCUT2D eigenvalue weighted by molar-refractivity contribution is -0.117. The van der Waals surface area contributed by atoms with Crippen LogP contribution in [0.1, 0.15) is 13.3 Å². The summed E-state index contributed by atoms with van der Waals surface area (Å²) in [5.41, 5.74) is 0.864. The van der Waals surface area contributed by atoms with Crippen LogP contribution in [-0.4, -0.2) is 18.4 Å². The van der Waals surface area contributed by atoms with Gasteiger partial charge in [-0.25, -0.2) is 8.78 Å². The van der Waals surface area contributed by atoms with Crippen LogP contribution in [0.2, 0.25) is 0 Å². The fraction of sp³-hybridized carbons (Fsp3) is 0.176. The summed E-state index contributed by atoms with van der Waals surface area (Å²) in [7, 11) is 0. The van der Waals surface area contributed by atoms with Gasteiger partial charge in [0.25, 0.3) is 0 Å². The van der Waals surface area contributed by atoms with Gasteiger partial charge in [0.1, 0.15) is 11.6 Å². The van der Waals surface area contributed by atoms with Gasteiger partial charge in [-0.05, 0) is 42.5 Å². The molecule has 0 fully saturated rings. The van der Waals surface area contributed by atoms with Crippen LogP contribution < -0.4 is 10.2 Å². The smallest absolute Gasteiger partial charge is 0.226 e. The first-order valence-corrected chi connectivity index (χ1v) is 7.05. The minimum atomic E-state index is -0.445. The monoisotopic (exact) mass is 318 g/mol. The van der Waals surface area contributed by atoms with E-state index in [-0.39, 0.29) is 24.8 Å². The van der Waals surface area contributed by atoms with Gasteiger partial charge in [-0.1, -0.05) is 6.07 Å². The number of hydrogen-bond donors (Lipinski definition) is 1. The molecule has 2 rings (SSSR count). The van der Waals surface area contributed by atoms with Crippen LogP contribution in [0.25, 0.3) is 0 Å². The fourth-order valence-corrected chi connectivity index (χ4v) is 2.09. The quantitative estimate of drug-likeness (QED) is 0.919. The highest BCUT2D eigenvalue weighted by Gasteiger charge is 2.13. The molecule has 0 spiro atoms. The molecule has 0 aliphatic heterocycles. The lowest BCUT2D eigenvalue weighted by Gasteiger charge is -2.21. The summed E-state index contributed by atoms with van der Waals surface area (Å²) in [5.74, 6) is -1.44. The highest BCUT2D eigenvalue weighted by molar-refractivity contribution is 5.94. The molecule has 1 N–H and O–H groups in total. The Kier molecular flexibility index (Phi) is 5.41. The third-order valence-electron chi connectivity index (χ3n) is 3.19. The molecule has 0 aromatic heterocycles. The lowest BCUT2D eigenvalue weighted by Crippen LogP contribution is -2.31. The molecule has 4 nitrogen and oxygen atoms in total. The van der Waals surface area contributed by atoms with Crippen molar-refractivity contribution >= 4 is 23.2 Å². The summed E-state index contributed by atoms with van der Waals surface area (Å²) in [6, 6.07) is 11.0. The average Bonchev–Trinajstić information content (AvgIpc) is 2.49. The Morgan fingerprint density at radius 3 is 2.35 bits per heavy atom. The molecule has 0 saturated heterocycles. The molecule has 0 aliphatic carbocycles. The van der Waals surface area contributed by atoms with Crippen LogP contribution in [0, 0.1) is 11.6 Å². The summed E-state index contributed by atoms with van der Waals surface area (Å²) in [6.45, 7) is 1.51. The van der Waals surface area contributed by atoms with Gasteiger partial charge in [-0.2, -0.15) is 0 Å². The SMILES string of the molecule is CC(=O)N(CCC(=O)Nc1cccc(F)c1)c1ccc(F)cc1. The lowest BCUT2D eigenvalue weighted by atomic mass is 10.2. The molecule has 0 bridgehead atoms. The van der Waals surface area contributed by atoms with Crippen molar-refractivity contribution in [3.8, 4) is 0 Å². The molecule has 2 aromatic rings. The third-order valence-corrected chi connectivity index (χ3v) is 3.19. The third kappa shape index (κ3) is 4.88. The zero-order chi connectivity index (χ0) is 16.8. The number of nitrogens with one attached hydrogen (secondary N) is 1. The van der Waals surface area contributed by atoms with Crippen molar-refractivity contribution in [1.82, 2.24) is 0 Å². The predicted molar refractivity (Wildman–Crippen MR) is 84.1 cm³/mol. The first-order valence-electron chi connectivity index (χ1n) is 7.05. The van der Waals surface area contributed by atoms with Crippen LogP contribution in [0.4, 0.5) is 20.2 Å². The van der Waals surface area contributed by atoms with E-state index < -0.39 is 11.6 Å². The van der Waals surface area contributed by atoms with E-state index >= 15 is 0 Å². The van der Waals surface area contributed by atoms with Gasteiger partial charge in [0, 0.05) is 31.3 Å². The number of rotatable bonds is 5. The Morgan fingerprint density at radius 1 is 1.04 bits per heavy atom. The summed E-state index contributed by atoms with van der Waals surface area (Å²) >= 11 is 0. The van der Waals surface area contributed by atoms with Gasteiger partial charge in [-0.3, -0.25) is 9.59 Å². The predicted octanol–water partition coefficient (Wildman–Crippen LogP) is 3.35. The van der Waals surface area contributed by atoms with Crippen molar-refractivity contribution < 1.29 is 18.4 Å². The second kappa shape index (κ2) is 7.49. The maximum atomic E-state index is 13.1. The summed E-state index contributed by atoms with van der Waals surface area (Å²) in [5, 5.41) is 2.56. The Morgan fingerprint density at radius 2 is 1.74 bits per heavy atom. The first-order chi connectivity index (χ1) is 11.0. The van der Waals surface area contributed by atoms with Gasteiger partial charge < -0.3 is 10.2 Å². The van der Waals surface area contributed by atoms with E-state index in [4.69, 9.17) is 0 Å². The molecule has 0 heterocycles. The van der Waals surface area contributed by atoms with E-state index in [0.717, 1.165) is 0 Å². The van der Waals surface area contributed by atoms with Crippen LogP contribution in [0.15, 0.2) is 48.5 Å². The van der Waals surface area contributed by atoms with Crippen LogP contribution in [-0.2, 0) is 9.59 Å². The zero-order valence-corrected chi connectivity index (χ0v) is 12.6. The van der Waals surface area contributed by atoms with E-state index in [0.29, 0.717) is 11.4 Å². The molecular formula is C17H16F2N2O2. The minimum absolute atomic E-state index is 0.0352. The molecule has 6 heteroatoms. The van der Waals surface area contributed by atoms with Gasteiger partial charge in [0.2, 0.25) is 11.8 Å². The number of carbonyl (C=O) groups excluding carboxylic acids is 2. The minimum Gasteiger partial charge on any atom is -0.326 e. The van der Waals surface area contributed by atoms with Crippen LogP contribution in [0.5, 0.6) is 0 Å². The molecule has 0 radical (unpaired) electrons. The van der Waals surface area contributed by atoms with Gasteiger partial charge in [0.05, 0.1) is 0 Å². The largest absolute Gasteiger partial charge is 0.326 e. The van der Waals surface area contributed by atoms with E-state index in [9.17, 15) is 18.4 Å². The normalized spacial score (nSPS) is 10.2. The second-order valence-corrected chi connectivity index (χ2v) is 4.96. The number of nitrogens with zero attached hydrogens (tertiary/aromatic N) is 1. The number of amides is 2. The van der Waals surface area contributed by atoms with Crippen molar-refractivity contribution in [2.45, 2.75) is 13.3 Å². The van der Waals surface area contributed by atoms with Crippen molar-refractivity contribution in [2.75, 3.05) is 16.8 Å². The highest BCUT2D eigenvalue weighted by atomic mass is 19.1. The molecule has 120 valence electrons. The Hall–Kier alpha value is -2.76. The van der Waals surface area contributed by atoms with Crippen LogP contribution in [0.3, 0.4) is 0 Å². The van der Waals surface area contributed by atoms with Crippen molar-refractivity contribution in [3.05, 3.63) is 60.2 Å².